The van der Waals surface area contributed by atoms with Gasteiger partial charge < -0.3 is 4.74 Å². The molecule has 4 rings (SSSR count). The van der Waals surface area contributed by atoms with Gasteiger partial charge in [-0.2, -0.15) is 0 Å². The molecule has 1 atom stereocenters. The van der Waals surface area contributed by atoms with Gasteiger partial charge in [0.2, 0.25) is 0 Å². The Labute approximate surface area is 132 Å². The molecule has 0 spiro atoms. The van der Waals surface area contributed by atoms with Crippen LogP contribution in [-0.2, 0) is 30.8 Å². The molecule has 2 aromatic rings. The van der Waals surface area contributed by atoms with Crippen molar-refractivity contribution in [1.29, 1.82) is 0 Å². The highest BCUT2D eigenvalue weighted by Gasteiger charge is 2.20. The van der Waals surface area contributed by atoms with E-state index in [1.54, 1.807) is 10.4 Å². The predicted molar refractivity (Wildman–Crippen MR) is 86.7 cm³/mol. The monoisotopic (exact) mass is 348 g/mol. The molecule has 0 bridgehead atoms. The third kappa shape index (κ3) is 2.26. The molecule has 3 heteroatoms. The first-order chi connectivity index (χ1) is 9.81. The standard InChI is InChI=1S/C17H17BrOS/c18-17(12-5-6-13-9-19-10-14(13)7-12)16-8-11-3-1-2-4-15(11)20-16/h5-8,17H,1-4,9-10H2. The predicted octanol–water partition coefficient (Wildman–Crippen LogP) is 5.14. The van der Waals surface area contributed by atoms with Crippen molar-refractivity contribution in [1.82, 2.24) is 0 Å². The molecule has 0 fully saturated rings. The second-order valence-electron chi connectivity index (χ2n) is 5.69. The maximum Gasteiger partial charge on any atom is 0.0738 e. The van der Waals surface area contributed by atoms with Crippen molar-refractivity contribution in [2.75, 3.05) is 0 Å². The van der Waals surface area contributed by atoms with Crippen LogP contribution in [0.25, 0.3) is 0 Å². The minimum atomic E-state index is 0.323. The fraction of sp³-hybridized carbons (Fsp3) is 0.412. The summed E-state index contributed by atoms with van der Waals surface area (Å²) >= 11 is 5.89. The topological polar surface area (TPSA) is 9.23 Å². The van der Waals surface area contributed by atoms with Crippen LogP contribution in [0, 0.1) is 0 Å². The van der Waals surface area contributed by atoms with Crippen LogP contribution in [0.4, 0.5) is 0 Å². The molecule has 104 valence electrons. The van der Waals surface area contributed by atoms with Gasteiger partial charge in [0.05, 0.1) is 18.0 Å². The molecule has 2 heterocycles. The van der Waals surface area contributed by atoms with Crippen LogP contribution in [-0.4, -0.2) is 0 Å². The molecule has 0 N–H and O–H groups in total. The summed E-state index contributed by atoms with van der Waals surface area (Å²) in [6, 6.07) is 9.19. The summed E-state index contributed by atoms with van der Waals surface area (Å²) in [6.07, 6.45) is 5.25. The van der Waals surface area contributed by atoms with Gasteiger partial charge in [-0.25, -0.2) is 0 Å². The molecule has 1 aromatic heterocycles. The van der Waals surface area contributed by atoms with E-state index >= 15 is 0 Å². The first kappa shape index (κ1) is 13.1. The minimum absolute atomic E-state index is 0.323. The number of alkyl halides is 1. The van der Waals surface area contributed by atoms with Crippen molar-refractivity contribution in [3.63, 3.8) is 0 Å². The van der Waals surface area contributed by atoms with Gasteiger partial charge >= 0.3 is 0 Å². The number of rotatable bonds is 2. The summed E-state index contributed by atoms with van der Waals surface area (Å²) in [6.45, 7) is 1.54. The molecule has 0 saturated heterocycles. The molecule has 1 nitrogen and oxygen atoms in total. The molecule has 2 aliphatic rings. The zero-order chi connectivity index (χ0) is 13.5. The second-order valence-corrected chi connectivity index (χ2v) is 7.77. The van der Waals surface area contributed by atoms with Gasteiger partial charge in [0.1, 0.15) is 0 Å². The lowest BCUT2D eigenvalue weighted by Gasteiger charge is -2.09. The fourth-order valence-corrected chi connectivity index (χ4v) is 5.11. The molecule has 1 aliphatic carbocycles. The van der Waals surface area contributed by atoms with E-state index < -0.39 is 0 Å². The Morgan fingerprint density at radius 1 is 1.00 bits per heavy atom. The van der Waals surface area contributed by atoms with E-state index in [-0.39, 0.29) is 0 Å². The molecule has 1 aromatic carbocycles. The third-order valence-corrected chi connectivity index (χ3v) is 6.93. The number of hydrogen-bond acceptors (Lipinski definition) is 2. The quantitative estimate of drug-likeness (QED) is 0.682. The van der Waals surface area contributed by atoms with Crippen molar-refractivity contribution < 1.29 is 4.74 Å². The lowest BCUT2D eigenvalue weighted by Crippen LogP contribution is -1.96. The summed E-state index contributed by atoms with van der Waals surface area (Å²) in [7, 11) is 0. The van der Waals surface area contributed by atoms with Gasteiger partial charge in [0.15, 0.2) is 0 Å². The van der Waals surface area contributed by atoms with Gasteiger partial charge in [-0.3, -0.25) is 0 Å². The Balaban J connectivity index is 1.66. The molecule has 0 amide bonds. The average Bonchev–Trinajstić information content (AvgIpc) is 3.11. The first-order valence-corrected chi connectivity index (χ1v) is 8.99. The average molecular weight is 349 g/mol. The molecule has 0 radical (unpaired) electrons. The zero-order valence-corrected chi connectivity index (χ0v) is 13.7. The second kappa shape index (κ2) is 5.28. The molecule has 1 unspecified atom stereocenters. The van der Waals surface area contributed by atoms with E-state index in [1.807, 2.05) is 11.3 Å². The summed E-state index contributed by atoms with van der Waals surface area (Å²) in [4.78, 5) is 3.39. The van der Waals surface area contributed by atoms with Gasteiger partial charge in [0, 0.05) is 9.75 Å². The summed E-state index contributed by atoms with van der Waals surface area (Å²) in [5.41, 5.74) is 5.64. The maximum atomic E-state index is 5.51. The molecule has 20 heavy (non-hydrogen) atoms. The smallest absolute Gasteiger partial charge is 0.0738 e. The molecular weight excluding hydrogens is 332 g/mol. The van der Waals surface area contributed by atoms with E-state index in [0.29, 0.717) is 4.83 Å². The van der Waals surface area contributed by atoms with E-state index in [0.717, 1.165) is 13.2 Å². The van der Waals surface area contributed by atoms with E-state index in [4.69, 9.17) is 4.74 Å². The Kier molecular flexibility index (Phi) is 3.45. The van der Waals surface area contributed by atoms with E-state index in [1.165, 1.54) is 47.3 Å². The van der Waals surface area contributed by atoms with Crippen molar-refractivity contribution >= 4 is 27.3 Å². The van der Waals surface area contributed by atoms with Gasteiger partial charge in [-0.05, 0) is 54.0 Å². The highest BCUT2D eigenvalue weighted by Crippen LogP contribution is 2.40. The van der Waals surface area contributed by atoms with E-state index in [2.05, 4.69) is 40.2 Å². The largest absolute Gasteiger partial charge is 0.372 e. The number of fused-ring (bicyclic) bond motifs is 2. The van der Waals surface area contributed by atoms with Crippen molar-refractivity contribution in [3.8, 4) is 0 Å². The highest BCUT2D eigenvalue weighted by atomic mass is 79.9. The number of ether oxygens (including phenoxy) is 1. The highest BCUT2D eigenvalue weighted by molar-refractivity contribution is 9.09. The molecular formula is C17H17BrOS. The van der Waals surface area contributed by atoms with Crippen LogP contribution >= 0.6 is 27.3 Å². The third-order valence-electron chi connectivity index (χ3n) is 4.30. The number of halogens is 1. The number of thiophene rings is 1. The summed E-state index contributed by atoms with van der Waals surface area (Å²) < 4.78 is 5.51. The van der Waals surface area contributed by atoms with Crippen molar-refractivity contribution in [2.24, 2.45) is 0 Å². The van der Waals surface area contributed by atoms with Crippen molar-refractivity contribution in [3.05, 3.63) is 56.3 Å². The Hall–Kier alpha value is -0.640. The zero-order valence-electron chi connectivity index (χ0n) is 11.3. The summed E-state index contributed by atoms with van der Waals surface area (Å²) in [5.74, 6) is 0. The lowest BCUT2D eigenvalue weighted by molar-refractivity contribution is 0.134. The number of aryl methyl sites for hydroxylation is 2. The maximum absolute atomic E-state index is 5.51. The van der Waals surface area contributed by atoms with Gasteiger partial charge in [-0.1, -0.05) is 34.1 Å². The van der Waals surface area contributed by atoms with Crippen LogP contribution in [0.5, 0.6) is 0 Å². The SMILES string of the molecule is BrC(c1ccc2c(c1)COC2)c1cc2c(s1)CCCC2. The summed E-state index contributed by atoms with van der Waals surface area (Å²) in [5, 5.41) is 0. The van der Waals surface area contributed by atoms with Gasteiger partial charge in [0.25, 0.3) is 0 Å². The minimum Gasteiger partial charge on any atom is -0.372 e. The normalized spacial score (nSPS) is 18.6. The van der Waals surface area contributed by atoms with Crippen LogP contribution in [0.3, 0.4) is 0 Å². The molecule has 1 aliphatic heterocycles. The van der Waals surface area contributed by atoms with Crippen LogP contribution < -0.4 is 0 Å². The van der Waals surface area contributed by atoms with Crippen LogP contribution in [0.15, 0.2) is 24.3 Å². The van der Waals surface area contributed by atoms with Crippen molar-refractivity contribution in [2.45, 2.75) is 43.7 Å². The van der Waals surface area contributed by atoms with Crippen LogP contribution in [0.2, 0.25) is 0 Å². The first-order valence-electron chi connectivity index (χ1n) is 7.26. The number of hydrogen-bond donors (Lipinski definition) is 0. The molecule has 0 saturated carbocycles. The Morgan fingerprint density at radius 2 is 1.85 bits per heavy atom. The van der Waals surface area contributed by atoms with Crippen LogP contribution in [0.1, 0.15) is 49.7 Å². The van der Waals surface area contributed by atoms with E-state index in [9.17, 15) is 0 Å². The Bertz CT molecular complexity index is 623. The Morgan fingerprint density at radius 3 is 2.75 bits per heavy atom. The fourth-order valence-electron chi connectivity index (χ4n) is 3.15. The number of benzene rings is 1. The van der Waals surface area contributed by atoms with Gasteiger partial charge in [-0.15, -0.1) is 11.3 Å². The lowest BCUT2D eigenvalue weighted by atomic mass is 9.98.